The quantitative estimate of drug-likeness (QED) is 0.904. The monoisotopic (exact) mass is 289 g/mol. The Kier molecular flexibility index (Phi) is 4.26. The number of hydrogen-bond acceptors (Lipinski definition) is 3. The standard InChI is InChI=1S/C15H19N3O3/c1-10(2)8-17(3)13(19)9-18-15(21)12-7-5-4-6-11(12)14(20)16-18/h4-7,10H,8-9H2,1-3H3,(H,16,20). The lowest BCUT2D eigenvalue weighted by Gasteiger charge is -2.19. The average Bonchev–Trinajstić information content (AvgIpc) is 2.43. The van der Waals surface area contributed by atoms with Crippen molar-refractivity contribution in [2.45, 2.75) is 20.4 Å². The molecule has 1 N–H and O–H groups in total. The molecule has 0 saturated carbocycles. The summed E-state index contributed by atoms with van der Waals surface area (Å²) in [6.07, 6.45) is 0. The number of nitrogens with zero attached hydrogens (tertiary/aromatic N) is 2. The molecule has 0 aliphatic rings. The molecular formula is C15H19N3O3. The Balaban J connectivity index is 2.36. The molecule has 0 aliphatic carbocycles. The molecule has 0 spiro atoms. The van der Waals surface area contributed by atoms with Crippen molar-refractivity contribution in [2.24, 2.45) is 5.92 Å². The predicted molar refractivity (Wildman–Crippen MR) is 81.3 cm³/mol. The van der Waals surface area contributed by atoms with Crippen LogP contribution in [0.2, 0.25) is 0 Å². The summed E-state index contributed by atoms with van der Waals surface area (Å²) in [6.45, 7) is 4.45. The zero-order chi connectivity index (χ0) is 15.6. The number of likely N-dealkylation sites (N-methyl/N-ethyl adjacent to an activating group) is 1. The Hall–Kier alpha value is -2.37. The molecule has 112 valence electrons. The topological polar surface area (TPSA) is 75.2 Å². The van der Waals surface area contributed by atoms with Crippen molar-refractivity contribution < 1.29 is 4.79 Å². The third-order valence-corrected chi connectivity index (χ3v) is 3.24. The number of hydrogen-bond donors (Lipinski definition) is 1. The van der Waals surface area contributed by atoms with Gasteiger partial charge in [0.05, 0.1) is 10.8 Å². The fourth-order valence-corrected chi connectivity index (χ4v) is 2.26. The number of benzene rings is 1. The highest BCUT2D eigenvalue weighted by Crippen LogP contribution is 2.03. The minimum absolute atomic E-state index is 0.165. The van der Waals surface area contributed by atoms with Gasteiger partial charge in [-0.25, -0.2) is 4.68 Å². The summed E-state index contributed by atoms with van der Waals surface area (Å²) in [6, 6.07) is 6.57. The highest BCUT2D eigenvalue weighted by atomic mass is 16.2. The molecule has 0 unspecified atom stereocenters. The van der Waals surface area contributed by atoms with Crippen molar-refractivity contribution >= 4 is 16.7 Å². The van der Waals surface area contributed by atoms with Crippen molar-refractivity contribution in [3.63, 3.8) is 0 Å². The highest BCUT2D eigenvalue weighted by Gasteiger charge is 2.14. The van der Waals surface area contributed by atoms with Crippen LogP contribution in [-0.4, -0.2) is 34.2 Å². The van der Waals surface area contributed by atoms with E-state index in [1.54, 1.807) is 36.2 Å². The van der Waals surface area contributed by atoms with E-state index in [-0.39, 0.29) is 23.6 Å². The van der Waals surface area contributed by atoms with E-state index in [0.29, 0.717) is 23.2 Å². The van der Waals surface area contributed by atoms with E-state index < -0.39 is 0 Å². The first-order valence-electron chi connectivity index (χ1n) is 6.86. The maximum Gasteiger partial charge on any atom is 0.273 e. The SMILES string of the molecule is CC(C)CN(C)C(=O)Cn1[nH]c(=O)c2ccccc2c1=O. The minimum Gasteiger partial charge on any atom is -0.344 e. The number of rotatable bonds is 4. The van der Waals surface area contributed by atoms with E-state index in [4.69, 9.17) is 0 Å². The lowest BCUT2D eigenvalue weighted by atomic mass is 10.2. The molecule has 1 amide bonds. The molecule has 6 heteroatoms. The second kappa shape index (κ2) is 5.95. The van der Waals surface area contributed by atoms with Gasteiger partial charge in [0, 0.05) is 13.6 Å². The molecule has 0 bridgehead atoms. The lowest BCUT2D eigenvalue weighted by molar-refractivity contribution is -0.131. The Bertz CT molecular complexity index is 774. The van der Waals surface area contributed by atoms with E-state index in [0.717, 1.165) is 4.68 Å². The summed E-state index contributed by atoms with van der Waals surface area (Å²) in [5, 5.41) is 3.11. The van der Waals surface area contributed by atoms with E-state index in [1.807, 2.05) is 13.8 Å². The molecule has 0 saturated heterocycles. The lowest BCUT2D eigenvalue weighted by Crippen LogP contribution is -2.38. The van der Waals surface area contributed by atoms with Crippen LogP contribution in [0.4, 0.5) is 0 Å². The third kappa shape index (κ3) is 3.21. The molecule has 0 radical (unpaired) electrons. The largest absolute Gasteiger partial charge is 0.344 e. The van der Waals surface area contributed by atoms with Crippen molar-refractivity contribution in [2.75, 3.05) is 13.6 Å². The Morgan fingerprint density at radius 3 is 2.48 bits per heavy atom. The van der Waals surface area contributed by atoms with Gasteiger partial charge in [-0.05, 0) is 18.1 Å². The maximum absolute atomic E-state index is 12.3. The zero-order valence-corrected chi connectivity index (χ0v) is 12.4. The van der Waals surface area contributed by atoms with Crippen LogP contribution in [0.25, 0.3) is 10.8 Å². The molecule has 1 aromatic carbocycles. The van der Waals surface area contributed by atoms with Crippen LogP contribution in [0.15, 0.2) is 33.9 Å². The summed E-state index contributed by atoms with van der Waals surface area (Å²) >= 11 is 0. The van der Waals surface area contributed by atoms with Crippen LogP contribution in [0.1, 0.15) is 13.8 Å². The number of amides is 1. The molecule has 1 aromatic heterocycles. The van der Waals surface area contributed by atoms with Crippen LogP contribution < -0.4 is 11.1 Å². The number of carbonyl (C=O) groups excluding carboxylic acids is 1. The first kappa shape index (κ1) is 15.0. The molecule has 21 heavy (non-hydrogen) atoms. The van der Waals surface area contributed by atoms with E-state index in [1.165, 1.54) is 0 Å². The van der Waals surface area contributed by atoms with Gasteiger partial charge in [-0.15, -0.1) is 0 Å². The number of fused-ring (bicyclic) bond motifs is 1. The van der Waals surface area contributed by atoms with Gasteiger partial charge < -0.3 is 4.90 Å². The van der Waals surface area contributed by atoms with Gasteiger partial charge in [0.15, 0.2) is 0 Å². The minimum atomic E-state index is -0.371. The second-order valence-electron chi connectivity index (χ2n) is 5.55. The second-order valence-corrected chi connectivity index (χ2v) is 5.55. The maximum atomic E-state index is 12.3. The summed E-state index contributed by atoms with van der Waals surface area (Å²) < 4.78 is 1.07. The van der Waals surface area contributed by atoms with Crippen LogP contribution in [0.5, 0.6) is 0 Å². The van der Waals surface area contributed by atoms with Gasteiger partial charge >= 0.3 is 0 Å². The van der Waals surface area contributed by atoms with E-state index in [9.17, 15) is 14.4 Å². The van der Waals surface area contributed by atoms with Crippen LogP contribution >= 0.6 is 0 Å². The zero-order valence-electron chi connectivity index (χ0n) is 12.4. The fraction of sp³-hybridized carbons (Fsp3) is 0.400. The first-order valence-corrected chi connectivity index (χ1v) is 6.86. The van der Waals surface area contributed by atoms with Crippen LogP contribution in [0, 0.1) is 5.92 Å². The molecule has 2 aromatic rings. The van der Waals surface area contributed by atoms with Crippen LogP contribution in [-0.2, 0) is 11.3 Å². The predicted octanol–water partition coefficient (Wildman–Crippen LogP) is 0.804. The third-order valence-electron chi connectivity index (χ3n) is 3.24. The first-order chi connectivity index (χ1) is 9.90. The fourth-order valence-electron chi connectivity index (χ4n) is 2.26. The number of carbonyl (C=O) groups is 1. The smallest absolute Gasteiger partial charge is 0.273 e. The summed E-state index contributed by atoms with van der Waals surface area (Å²) in [5.41, 5.74) is -0.735. The normalized spacial score (nSPS) is 11.0. The highest BCUT2D eigenvalue weighted by molar-refractivity contribution is 5.81. The molecule has 0 fully saturated rings. The van der Waals surface area contributed by atoms with Crippen LogP contribution in [0.3, 0.4) is 0 Å². The summed E-state index contributed by atoms with van der Waals surface area (Å²) in [5.74, 6) is 0.128. The average molecular weight is 289 g/mol. The van der Waals surface area contributed by atoms with Gasteiger partial charge in [0.25, 0.3) is 11.1 Å². The molecule has 0 aliphatic heterocycles. The molecule has 2 rings (SSSR count). The van der Waals surface area contributed by atoms with E-state index >= 15 is 0 Å². The Morgan fingerprint density at radius 2 is 1.86 bits per heavy atom. The number of H-pyrrole nitrogens is 1. The number of aromatic nitrogens is 2. The number of aromatic amines is 1. The number of nitrogens with one attached hydrogen (secondary N) is 1. The van der Waals surface area contributed by atoms with Crippen molar-refractivity contribution in [3.8, 4) is 0 Å². The van der Waals surface area contributed by atoms with Gasteiger partial charge in [-0.3, -0.25) is 19.5 Å². The van der Waals surface area contributed by atoms with Gasteiger partial charge in [0.1, 0.15) is 6.54 Å². The molecular weight excluding hydrogens is 270 g/mol. The molecule has 1 heterocycles. The summed E-state index contributed by atoms with van der Waals surface area (Å²) in [7, 11) is 1.69. The van der Waals surface area contributed by atoms with E-state index in [2.05, 4.69) is 5.10 Å². The van der Waals surface area contributed by atoms with Gasteiger partial charge in [-0.2, -0.15) is 0 Å². The van der Waals surface area contributed by atoms with Crippen molar-refractivity contribution in [1.82, 2.24) is 14.7 Å². The molecule has 6 nitrogen and oxygen atoms in total. The van der Waals surface area contributed by atoms with Crippen molar-refractivity contribution in [3.05, 3.63) is 45.0 Å². The van der Waals surface area contributed by atoms with Crippen molar-refractivity contribution in [1.29, 1.82) is 0 Å². The van der Waals surface area contributed by atoms with Gasteiger partial charge in [-0.1, -0.05) is 26.0 Å². The Morgan fingerprint density at radius 1 is 1.24 bits per heavy atom. The molecule has 0 atom stereocenters. The summed E-state index contributed by atoms with van der Waals surface area (Å²) in [4.78, 5) is 37.9. The van der Waals surface area contributed by atoms with Gasteiger partial charge in [0.2, 0.25) is 5.91 Å². The Labute approximate surface area is 122 Å².